The number of nitrogens with one attached hydrogen (secondary N) is 1. The van der Waals surface area contributed by atoms with Crippen LogP contribution in [0.3, 0.4) is 0 Å². The van der Waals surface area contributed by atoms with E-state index in [4.69, 9.17) is 5.11 Å². The van der Waals surface area contributed by atoms with Crippen LogP contribution in [-0.4, -0.2) is 57.0 Å². The van der Waals surface area contributed by atoms with Gasteiger partial charge in [0.05, 0.1) is 6.61 Å². The third kappa shape index (κ3) is 4.51. The zero-order valence-electron chi connectivity index (χ0n) is 10.5. The first-order valence-electron chi connectivity index (χ1n) is 5.63. The lowest BCUT2D eigenvalue weighted by atomic mass is 10.2. The van der Waals surface area contributed by atoms with Crippen molar-refractivity contribution in [2.24, 2.45) is 0 Å². The molecule has 2 N–H and O–H groups in total. The summed E-state index contributed by atoms with van der Waals surface area (Å²) in [6.07, 6.45) is -4.54. The topological polar surface area (TPSA) is 82.1 Å². The van der Waals surface area contributed by atoms with Crippen molar-refractivity contribution in [2.75, 3.05) is 19.7 Å². The van der Waals surface area contributed by atoms with E-state index in [1.54, 1.807) is 13.8 Å². The maximum Gasteiger partial charge on any atom is 0.406 e. The van der Waals surface area contributed by atoms with Crippen molar-refractivity contribution in [1.82, 2.24) is 20.1 Å². The van der Waals surface area contributed by atoms with E-state index < -0.39 is 31.8 Å². The normalized spacial score (nSPS) is 11.9. The summed E-state index contributed by atoms with van der Waals surface area (Å²) in [6.45, 7) is 1.16. The molecule has 0 bridgehead atoms. The Balaban J connectivity index is 2.86. The van der Waals surface area contributed by atoms with E-state index >= 15 is 0 Å². The molecule has 0 fully saturated rings. The first-order chi connectivity index (χ1) is 8.74. The Morgan fingerprint density at radius 2 is 2.11 bits per heavy atom. The Morgan fingerprint density at radius 3 is 2.53 bits per heavy atom. The number of alkyl halides is 3. The van der Waals surface area contributed by atoms with Gasteiger partial charge in [-0.2, -0.15) is 13.2 Å². The number of carbonyl (C=O) groups excluding carboxylic acids is 1. The van der Waals surface area contributed by atoms with E-state index in [1.165, 1.54) is 0 Å². The molecule has 1 aromatic heterocycles. The number of aromatic amines is 1. The Kier molecular flexibility index (Phi) is 4.87. The van der Waals surface area contributed by atoms with Crippen LogP contribution in [0, 0.1) is 0 Å². The molecule has 0 aliphatic rings. The minimum atomic E-state index is -4.54. The summed E-state index contributed by atoms with van der Waals surface area (Å²) in [5.74, 6) is -0.904. The molecule has 1 rings (SSSR count). The Labute approximate surface area is 107 Å². The molecule has 0 saturated heterocycles. The van der Waals surface area contributed by atoms with Crippen LogP contribution < -0.4 is 0 Å². The van der Waals surface area contributed by atoms with Crippen LogP contribution in [0.5, 0.6) is 0 Å². The van der Waals surface area contributed by atoms with Gasteiger partial charge < -0.3 is 10.0 Å². The largest absolute Gasteiger partial charge is 0.406 e. The number of hydrogen-bond donors (Lipinski definition) is 2. The maximum absolute atomic E-state index is 12.3. The van der Waals surface area contributed by atoms with Gasteiger partial charge in [0.15, 0.2) is 0 Å². The van der Waals surface area contributed by atoms with Gasteiger partial charge in [0.25, 0.3) is 5.91 Å². The van der Waals surface area contributed by atoms with Crippen LogP contribution in [0.15, 0.2) is 0 Å². The van der Waals surface area contributed by atoms with Gasteiger partial charge in [0.2, 0.25) is 5.82 Å². The Bertz CT molecular complexity index is 431. The van der Waals surface area contributed by atoms with Crippen molar-refractivity contribution in [2.45, 2.75) is 25.9 Å². The molecule has 0 unspecified atom stereocenters. The number of carbonyl (C=O) groups is 1. The first-order valence-corrected chi connectivity index (χ1v) is 5.63. The molecule has 1 amide bonds. The lowest BCUT2D eigenvalue weighted by Crippen LogP contribution is -2.41. The van der Waals surface area contributed by atoms with Crippen LogP contribution in [-0.2, 0) is 0 Å². The molecule has 108 valence electrons. The summed E-state index contributed by atoms with van der Waals surface area (Å²) in [6, 6.07) is 0. The Hall–Kier alpha value is -1.64. The first kappa shape index (κ1) is 15.4. The highest BCUT2D eigenvalue weighted by Crippen LogP contribution is 2.17. The monoisotopic (exact) mass is 280 g/mol. The standard InChI is InChI=1S/C10H15F3N4O2/c1-6(2)7-14-8(16-15-7)9(19)17(3-4-18)5-10(11,12)13/h6,18H,3-5H2,1-2H3,(H,14,15,16). The van der Waals surface area contributed by atoms with E-state index in [2.05, 4.69) is 15.2 Å². The second-order valence-corrected chi connectivity index (χ2v) is 4.26. The number of rotatable bonds is 5. The summed E-state index contributed by atoms with van der Waals surface area (Å²) in [7, 11) is 0. The molecule has 0 aliphatic carbocycles. The van der Waals surface area contributed by atoms with Crippen molar-refractivity contribution in [3.63, 3.8) is 0 Å². The molecule has 9 heteroatoms. The number of nitrogens with zero attached hydrogens (tertiary/aromatic N) is 3. The van der Waals surface area contributed by atoms with Gasteiger partial charge >= 0.3 is 6.18 Å². The van der Waals surface area contributed by atoms with E-state index in [-0.39, 0.29) is 11.7 Å². The van der Waals surface area contributed by atoms with Crippen molar-refractivity contribution in [3.8, 4) is 0 Å². The third-order valence-electron chi connectivity index (χ3n) is 2.27. The summed E-state index contributed by atoms with van der Waals surface area (Å²) in [5.41, 5.74) is 0. The average Bonchev–Trinajstić information content (AvgIpc) is 2.75. The summed E-state index contributed by atoms with van der Waals surface area (Å²) >= 11 is 0. The molecular formula is C10H15F3N4O2. The number of halogens is 3. The number of aliphatic hydroxyl groups is 1. The molecule has 0 saturated carbocycles. The van der Waals surface area contributed by atoms with Gasteiger partial charge in [0, 0.05) is 12.5 Å². The van der Waals surface area contributed by atoms with E-state index in [0.29, 0.717) is 10.7 Å². The average molecular weight is 280 g/mol. The van der Waals surface area contributed by atoms with Crippen molar-refractivity contribution in [1.29, 1.82) is 0 Å². The van der Waals surface area contributed by atoms with Crippen molar-refractivity contribution >= 4 is 5.91 Å². The highest BCUT2D eigenvalue weighted by atomic mass is 19.4. The summed E-state index contributed by atoms with van der Waals surface area (Å²) in [5, 5.41) is 14.8. The number of hydrogen-bond acceptors (Lipinski definition) is 4. The Morgan fingerprint density at radius 1 is 1.47 bits per heavy atom. The van der Waals surface area contributed by atoms with Gasteiger partial charge in [-0.25, -0.2) is 4.98 Å². The van der Waals surface area contributed by atoms with Gasteiger partial charge in [-0.05, 0) is 0 Å². The molecule has 0 aliphatic heterocycles. The lowest BCUT2D eigenvalue weighted by molar-refractivity contribution is -0.141. The second kappa shape index (κ2) is 6.00. The maximum atomic E-state index is 12.3. The number of aromatic nitrogens is 3. The van der Waals surface area contributed by atoms with Crippen LogP contribution in [0.2, 0.25) is 0 Å². The van der Waals surface area contributed by atoms with Crippen molar-refractivity contribution in [3.05, 3.63) is 11.6 Å². The third-order valence-corrected chi connectivity index (χ3v) is 2.27. The zero-order chi connectivity index (χ0) is 14.6. The minimum Gasteiger partial charge on any atom is -0.395 e. The van der Waals surface area contributed by atoms with E-state index in [9.17, 15) is 18.0 Å². The van der Waals surface area contributed by atoms with Gasteiger partial charge in [-0.1, -0.05) is 13.8 Å². The van der Waals surface area contributed by atoms with E-state index in [1.807, 2.05) is 0 Å². The summed E-state index contributed by atoms with van der Waals surface area (Å²) < 4.78 is 36.9. The molecule has 0 aromatic carbocycles. The number of H-pyrrole nitrogens is 1. The highest BCUT2D eigenvalue weighted by molar-refractivity contribution is 5.90. The highest BCUT2D eigenvalue weighted by Gasteiger charge is 2.34. The van der Waals surface area contributed by atoms with Crippen LogP contribution in [0.25, 0.3) is 0 Å². The predicted octanol–water partition coefficient (Wildman–Crippen LogP) is 0.925. The molecule has 1 aromatic rings. The van der Waals surface area contributed by atoms with Gasteiger partial charge in [-0.3, -0.25) is 9.89 Å². The van der Waals surface area contributed by atoms with Gasteiger partial charge in [0.1, 0.15) is 12.4 Å². The SMILES string of the molecule is CC(C)c1nc(C(=O)N(CCO)CC(F)(F)F)n[nH]1. The molecule has 0 atom stereocenters. The smallest absolute Gasteiger partial charge is 0.395 e. The summed E-state index contributed by atoms with van der Waals surface area (Å²) in [4.78, 5) is 16.1. The fraction of sp³-hybridized carbons (Fsp3) is 0.700. The molecule has 19 heavy (non-hydrogen) atoms. The fourth-order valence-corrected chi connectivity index (χ4v) is 1.36. The zero-order valence-corrected chi connectivity index (χ0v) is 10.5. The molecular weight excluding hydrogens is 265 g/mol. The molecule has 0 radical (unpaired) electrons. The minimum absolute atomic E-state index is 0.0250. The van der Waals surface area contributed by atoms with Crippen molar-refractivity contribution < 1.29 is 23.1 Å². The fourth-order valence-electron chi connectivity index (χ4n) is 1.36. The van der Waals surface area contributed by atoms with Gasteiger partial charge in [-0.15, -0.1) is 5.10 Å². The predicted molar refractivity (Wildman–Crippen MR) is 59.5 cm³/mol. The second-order valence-electron chi connectivity index (χ2n) is 4.26. The van der Waals surface area contributed by atoms with Crippen LogP contribution >= 0.6 is 0 Å². The molecule has 1 heterocycles. The van der Waals surface area contributed by atoms with Crippen LogP contribution in [0.4, 0.5) is 13.2 Å². The number of aliphatic hydroxyl groups excluding tert-OH is 1. The molecule has 0 spiro atoms. The van der Waals surface area contributed by atoms with Crippen LogP contribution in [0.1, 0.15) is 36.2 Å². The van der Waals surface area contributed by atoms with E-state index in [0.717, 1.165) is 0 Å². The number of amides is 1. The quantitative estimate of drug-likeness (QED) is 0.840. The lowest BCUT2D eigenvalue weighted by Gasteiger charge is -2.21. The molecule has 6 nitrogen and oxygen atoms in total.